The molecule has 1 atom stereocenters. The summed E-state index contributed by atoms with van der Waals surface area (Å²) in [6.07, 6.45) is 2.26. The zero-order chi connectivity index (χ0) is 21.1. The van der Waals surface area contributed by atoms with Crippen LogP contribution in [-0.4, -0.2) is 48.4 Å². The van der Waals surface area contributed by atoms with Crippen LogP contribution in [0.25, 0.3) is 10.9 Å². The lowest BCUT2D eigenvalue weighted by Crippen LogP contribution is -2.40. The third-order valence-electron chi connectivity index (χ3n) is 5.56. The van der Waals surface area contributed by atoms with E-state index in [1.54, 1.807) is 30.2 Å². The molecule has 154 valence electrons. The molecule has 0 radical (unpaired) electrons. The van der Waals surface area contributed by atoms with Crippen molar-refractivity contribution in [3.63, 3.8) is 0 Å². The Morgan fingerprint density at radius 3 is 2.70 bits per heavy atom. The monoisotopic (exact) mass is 405 g/mol. The van der Waals surface area contributed by atoms with E-state index < -0.39 is 5.91 Å². The maximum Gasteiger partial charge on any atom is 0.257 e. The largest absolute Gasteiger partial charge is 0.497 e. The molecule has 0 saturated carbocycles. The number of nitrogens with one attached hydrogen (secondary N) is 2. The Bertz CT molecular complexity index is 1140. The van der Waals surface area contributed by atoms with Gasteiger partial charge >= 0.3 is 0 Å². The third kappa shape index (κ3) is 3.91. The molecule has 1 aliphatic rings. The fraction of sp³-hybridized carbons (Fsp3) is 0.261. The first-order valence-corrected chi connectivity index (χ1v) is 9.87. The van der Waals surface area contributed by atoms with Crippen molar-refractivity contribution in [1.29, 1.82) is 0 Å². The lowest BCUT2D eigenvalue weighted by molar-refractivity contribution is -0.129. The molecule has 30 heavy (non-hydrogen) atoms. The number of likely N-dealkylation sites (tertiary alicyclic amines) is 1. The number of nitrogens with zero attached hydrogens (tertiary/aromatic N) is 1. The lowest BCUT2D eigenvalue weighted by Gasteiger charge is -2.17. The molecule has 2 amide bonds. The van der Waals surface area contributed by atoms with E-state index in [1.807, 2.05) is 30.3 Å². The molecule has 0 aliphatic carbocycles. The Kier molecular flexibility index (Phi) is 5.52. The standard InChI is InChI=1S/C23H23N3O4/c1-30-17-8-6-15(7-9-17)16-10-11-26(14-16)21(27)13-25-23(29)19-12-24-20-5-3-2-4-18(20)22(19)28/h2-9,12,16H,10-11,13-14H2,1H3,(H,24,28)(H,25,29). The van der Waals surface area contributed by atoms with Gasteiger partial charge in [-0.2, -0.15) is 0 Å². The summed E-state index contributed by atoms with van der Waals surface area (Å²) in [4.78, 5) is 42.3. The first-order valence-electron chi connectivity index (χ1n) is 9.87. The average Bonchev–Trinajstić information content (AvgIpc) is 3.28. The number of carbonyl (C=O) groups excluding carboxylic acids is 2. The van der Waals surface area contributed by atoms with Crippen molar-refractivity contribution in [3.8, 4) is 5.75 Å². The predicted molar refractivity (Wildman–Crippen MR) is 114 cm³/mol. The molecule has 0 bridgehead atoms. The van der Waals surface area contributed by atoms with Crippen molar-refractivity contribution in [2.24, 2.45) is 0 Å². The van der Waals surface area contributed by atoms with Crippen LogP contribution in [0.5, 0.6) is 5.75 Å². The van der Waals surface area contributed by atoms with Gasteiger partial charge in [0.2, 0.25) is 11.3 Å². The van der Waals surface area contributed by atoms with Crippen LogP contribution in [0, 0.1) is 0 Å². The maximum atomic E-state index is 12.6. The number of hydrogen-bond acceptors (Lipinski definition) is 4. The summed E-state index contributed by atoms with van der Waals surface area (Å²) in [7, 11) is 1.63. The first kappa shape index (κ1) is 19.7. The van der Waals surface area contributed by atoms with Gasteiger partial charge in [0.15, 0.2) is 0 Å². The molecule has 1 fully saturated rings. The van der Waals surface area contributed by atoms with Crippen LogP contribution in [0.1, 0.15) is 28.3 Å². The molecule has 1 unspecified atom stereocenters. The van der Waals surface area contributed by atoms with E-state index in [1.165, 1.54) is 6.20 Å². The van der Waals surface area contributed by atoms with Gasteiger partial charge in [-0.3, -0.25) is 14.4 Å². The predicted octanol–water partition coefficient (Wildman–Crippen LogP) is 2.28. The van der Waals surface area contributed by atoms with Gasteiger partial charge in [0.05, 0.1) is 13.7 Å². The molecule has 7 heteroatoms. The van der Waals surface area contributed by atoms with E-state index in [4.69, 9.17) is 4.74 Å². The average molecular weight is 405 g/mol. The number of amides is 2. The normalized spacial score (nSPS) is 15.9. The van der Waals surface area contributed by atoms with Gasteiger partial charge in [-0.15, -0.1) is 0 Å². The number of benzene rings is 2. The lowest BCUT2D eigenvalue weighted by atomic mass is 9.98. The van der Waals surface area contributed by atoms with E-state index in [0.29, 0.717) is 24.0 Å². The van der Waals surface area contributed by atoms with E-state index in [2.05, 4.69) is 10.3 Å². The Balaban J connectivity index is 1.36. The molecule has 1 aliphatic heterocycles. The van der Waals surface area contributed by atoms with Crippen LogP contribution < -0.4 is 15.5 Å². The van der Waals surface area contributed by atoms with Gasteiger partial charge in [-0.1, -0.05) is 24.3 Å². The third-order valence-corrected chi connectivity index (χ3v) is 5.56. The fourth-order valence-electron chi connectivity index (χ4n) is 3.83. The van der Waals surface area contributed by atoms with Gasteiger partial charge in [0.25, 0.3) is 5.91 Å². The topological polar surface area (TPSA) is 91.5 Å². The molecule has 7 nitrogen and oxygen atoms in total. The number of fused-ring (bicyclic) bond motifs is 1. The van der Waals surface area contributed by atoms with Gasteiger partial charge in [-0.25, -0.2) is 0 Å². The molecule has 2 heterocycles. The molecule has 0 spiro atoms. The van der Waals surface area contributed by atoms with Gasteiger partial charge in [0.1, 0.15) is 11.3 Å². The minimum Gasteiger partial charge on any atom is -0.497 e. The Labute approximate surface area is 173 Å². The number of pyridine rings is 1. The molecular weight excluding hydrogens is 382 g/mol. The zero-order valence-corrected chi connectivity index (χ0v) is 16.7. The number of carbonyl (C=O) groups is 2. The fourth-order valence-corrected chi connectivity index (χ4v) is 3.83. The number of hydrogen-bond donors (Lipinski definition) is 2. The number of methoxy groups -OCH3 is 1. The van der Waals surface area contributed by atoms with Gasteiger partial charge < -0.3 is 19.9 Å². The summed E-state index contributed by atoms with van der Waals surface area (Å²) in [5.74, 6) is 0.354. The molecular formula is C23H23N3O4. The summed E-state index contributed by atoms with van der Waals surface area (Å²) >= 11 is 0. The highest BCUT2D eigenvalue weighted by Crippen LogP contribution is 2.28. The second-order valence-corrected chi connectivity index (χ2v) is 7.36. The van der Waals surface area contributed by atoms with Crippen LogP contribution in [0.15, 0.2) is 59.5 Å². The summed E-state index contributed by atoms with van der Waals surface area (Å²) in [6, 6.07) is 14.9. The van der Waals surface area contributed by atoms with Crippen LogP contribution in [0.4, 0.5) is 0 Å². The number of rotatable bonds is 5. The molecule has 2 aromatic carbocycles. The van der Waals surface area contributed by atoms with Crippen LogP contribution >= 0.6 is 0 Å². The van der Waals surface area contributed by atoms with E-state index in [0.717, 1.165) is 17.7 Å². The molecule has 4 rings (SSSR count). The van der Waals surface area contributed by atoms with Crippen LogP contribution in [-0.2, 0) is 4.79 Å². The van der Waals surface area contributed by atoms with Crippen molar-refractivity contribution in [2.45, 2.75) is 12.3 Å². The van der Waals surface area contributed by atoms with Crippen molar-refractivity contribution < 1.29 is 14.3 Å². The maximum absolute atomic E-state index is 12.6. The summed E-state index contributed by atoms with van der Waals surface area (Å²) in [5.41, 5.74) is 1.48. The highest BCUT2D eigenvalue weighted by molar-refractivity contribution is 5.98. The van der Waals surface area contributed by atoms with E-state index in [9.17, 15) is 14.4 Å². The molecule has 1 saturated heterocycles. The first-order chi connectivity index (χ1) is 14.6. The van der Waals surface area contributed by atoms with Crippen molar-refractivity contribution in [3.05, 3.63) is 76.1 Å². The van der Waals surface area contributed by atoms with Crippen molar-refractivity contribution >= 4 is 22.7 Å². The van der Waals surface area contributed by atoms with E-state index in [-0.39, 0.29) is 29.4 Å². The number of aromatic nitrogens is 1. The van der Waals surface area contributed by atoms with Crippen LogP contribution in [0.2, 0.25) is 0 Å². The number of aromatic amines is 1. The second-order valence-electron chi connectivity index (χ2n) is 7.36. The smallest absolute Gasteiger partial charge is 0.257 e. The number of H-pyrrole nitrogens is 1. The Morgan fingerprint density at radius 1 is 1.17 bits per heavy atom. The minimum atomic E-state index is -0.554. The molecule has 1 aromatic heterocycles. The number of ether oxygens (including phenoxy) is 1. The summed E-state index contributed by atoms with van der Waals surface area (Å²) in [5, 5.41) is 3.03. The number of para-hydroxylation sites is 1. The quantitative estimate of drug-likeness (QED) is 0.681. The highest BCUT2D eigenvalue weighted by Gasteiger charge is 2.27. The SMILES string of the molecule is COc1ccc(C2CCN(C(=O)CNC(=O)c3c[nH]c4ccccc4c3=O)C2)cc1. The summed E-state index contributed by atoms with van der Waals surface area (Å²) in [6.45, 7) is 1.11. The second kappa shape index (κ2) is 8.41. The zero-order valence-electron chi connectivity index (χ0n) is 16.7. The van der Waals surface area contributed by atoms with Crippen molar-refractivity contribution in [1.82, 2.24) is 15.2 Å². The molecule has 2 N–H and O–H groups in total. The van der Waals surface area contributed by atoms with Gasteiger partial charge in [-0.05, 0) is 36.2 Å². The highest BCUT2D eigenvalue weighted by atomic mass is 16.5. The van der Waals surface area contributed by atoms with E-state index >= 15 is 0 Å². The summed E-state index contributed by atoms with van der Waals surface area (Å²) < 4.78 is 5.18. The Morgan fingerprint density at radius 2 is 1.93 bits per heavy atom. The minimum absolute atomic E-state index is 0.000897. The van der Waals surface area contributed by atoms with Crippen molar-refractivity contribution in [2.75, 3.05) is 26.7 Å². The molecule has 3 aromatic rings. The Hall–Kier alpha value is -3.61. The van der Waals surface area contributed by atoms with Crippen LogP contribution in [0.3, 0.4) is 0 Å². The van der Waals surface area contributed by atoms with Gasteiger partial charge in [0, 0.05) is 36.1 Å².